The first-order chi connectivity index (χ1) is 7.25. The van der Waals surface area contributed by atoms with E-state index in [1.54, 1.807) is 0 Å². The highest BCUT2D eigenvalue weighted by atomic mass is 16.5. The fraction of sp³-hybridized carbons (Fsp3) is 0.462. The van der Waals surface area contributed by atoms with Crippen LogP contribution in [0.5, 0.6) is 0 Å². The predicted molar refractivity (Wildman–Crippen MR) is 58.7 cm³/mol. The lowest BCUT2D eigenvalue weighted by Gasteiger charge is -2.09. The van der Waals surface area contributed by atoms with Gasteiger partial charge in [-0.1, -0.05) is 30.3 Å². The second kappa shape index (κ2) is 4.58. The van der Waals surface area contributed by atoms with Gasteiger partial charge in [0, 0.05) is 6.42 Å². The monoisotopic (exact) mass is 204 g/mol. The molecule has 1 aliphatic heterocycles. The van der Waals surface area contributed by atoms with Crippen LogP contribution in [0.3, 0.4) is 0 Å². The van der Waals surface area contributed by atoms with Crippen LogP contribution in [0.4, 0.5) is 0 Å². The molecule has 0 saturated carbocycles. The number of ether oxygens (including phenoxy) is 1. The van der Waals surface area contributed by atoms with Crippen LogP contribution < -0.4 is 0 Å². The molecule has 2 heteroatoms. The maximum absolute atomic E-state index is 11.8. The first-order valence-electron chi connectivity index (χ1n) is 5.48. The molecule has 2 nitrogen and oxygen atoms in total. The summed E-state index contributed by atoms with van der Waals surface area (Å²) in [5.74, 6) is 0.213. The predicted octanol–water partition coefficient (Wildman–Crippen LogP) is 2.37. The minimum Gasteiger partial charge on any atom is -0.367 e. The normalized spacial score (nSPS) is 25.4. The molecule has 1 heterocycles. The maximum Gasteiger partial charge on any atom is 0.165 e. The van der Waals surface area contributed by atoms with Gasteiger partial charge in [-0.25, -0.2) is 0 Å². The van der Waals surface area contributed by atoms with Crippen LogP contribution in [0, 0.1) is 0 Å². The Labute approximate surface area is 90.3 Å². The zero-order valence-corrected chi connectivity index (χ0v) is 8.98. The Hall–Kier alpha value is -1.15. The molecule has 0 aromatic heterocycles. The number of benzene rings is 1. The second-order valence-electron chi connectivity index (χ2n) is 4.14. The maximum atomic E-state index is 11.8. The number of hydrogen-bond acceptors (Lipinski definition) is 2. The third-order valence-corrected chi connectivity index (χ3v) is 2.81. The van der Waals surface area contributed by atoms with Crippen molar-refractivity contribution in [3.8, 4) is 0 Å². The highest BCUT2D eigenvalue weighted by Crippen LogP contribution is 2.20. The number of rotatable bonds is 3. The standard InChI is InChI=1S/C13H16O2/c1-10-7-8-13(15-10)12(14)9-11-5-3-2-4-6-11/h2-6,10,13H,7-9H2,1H3. The van der Waals surface area contributed by atoms with Crippen molar-refractivity contribution in [2.24, 2.45) is 0 Å². The smallest absolute Gasteiger partial charge is 0.165 e. The summed E-state index contributed by atoms with van der Waals surface area (Å²) in [6.45, 7) is 2.02. The molecule has 80 valence electrons. The molecule has 1 aliphatic rings. The Morgan fingerprint density at radius 1 is 1.33 bits per heavy atom. The number of Topliss-reactive ketones (excluding diaryl/α,β-unsaturated/α-hetero) is 1. The fourth-order valence-corrected chi connectivity index (χ4v) is 1.95. The van der Waals surface area contributed by atoms with Gasteiger partial charge in [0.1, 0.15) is 6.10 Å². The molecule has 0 amide bonds. The highest BCUT2D eigenvalue weighted by molar-refractivity contribution is 5.85. The van der Waals surface area contributed by atoms with Gasteiger partial charge in [0.05, 0.1) is 6.10 Å². The summed E-state index contributed by atoms with van der Waals surface area (Å²) >= 11 is 0. The molecule has 2 atom stereocenters. The Morgan fingerprint density at radius 3 is 2.67 bits per heavy atom. The molecule has 15 heavy (non-hydrogen) atoms. The summed E-state index contributed by atoms with van der Waals surface area (Å²) < 4.78 is 5.55. The molecule has 0 aliphatic carbocycles. The van der Waals surface area contributed by atoms with E-state index in [1.165, 1.54) is 0 Å². The van der Waals surface area contributed by atoms with E-state index < -0.39 is 0 Å². The first-order valence-corrected chi connectivity index (χ1v) is 5.48. The SMILES string of the molecule is CC1CCC(C(=O)Cc2ccccc2)O1. The molecule has 1 aromatic carbocycles. The van der Waals surface area contributed by atoms with Crippen molar-refractivity contribution in [3.63, 3.8) is 0 Å². The van der Waals surface area contributed by atoms with Gasteiger partial charge in [-0.3, -0.25) is 4.79 Å². The van der Waals surface area contributed by atoms with Gasteiger partial charge in [-0.2, -0.15) is 0 Å². The molecule has 2 rings (SSSR count). The van der Waals surface area contributed by atoms with Crippen LogP contribution in [0.15, 0.2) is 30.3 Å². The summed E-state index contributed by atoms with van der Waals surface area (Å²) in [6.07, 6.45) is 2.46. The van der Waals surface area contributed by atoms with Gasteiger partial charge < -0.3 is 4.74 Å². The highest BCUT2D eigenvalue weighted by Gasteiger charge is 2.27. The molecular weight excluding hydrogens is 188 g/mol. The molecule has 2 unspecified atom stereocenters. The van der Waals surface area contributed by atoms with E-state index in [0.717, 1.165) is 18.4 Å². The average molecular weight is 204 g/mol. The summed E-state index contributed by atoms with van der Waals surface area (Å²) in [7, 11) is 0. The number of hydrogen-bond donors (Lipinski definition) is 0. The lowest BCUT2D eigenvalue weighted by Crippen LogP contribution is -2.22. The fourth-order valence-electron chi connectivity index (χ4n) is 1.95. The number of carbonyl (C=O) groups is 1. The molecule has 0 N–H and O–H groups in total. The van der Waals surface area contributed by atoms with Gasteiger partial charge >= 0.3 is 0 Å². The third-order valence-electron chi connectivity index (χ3n) is 2.81. The van der Waals surface area contributed by atoms with Gasteiger partial charge in [0.15, 0.2) is 5.78 Å². The third kappa shape index (κ3) is 2.66. The van der Waals surface area contributed by atoms with Gasteiger partial charge in [0.25, 0.3) is 0 Å². The second-order valence-corrected chi connectivity index (χ2v) is 4.14. The molecule has 0 radical (unpaired) electrons. The topological polar surface area (TPSA) is 26.3 Å². The first kappa shape index (κ1) is 10.4. The Bertz CT molecular complexity index is 332. The molecule has 1 saturated heterocycles. The Balaban J connectivity index is 1.93. The van der Waals surface area contributed by atoms with E-state index in [2.05, 4.69) is 0 Å². The van der Waals surface area contributed by atoms with Crippen LogP contribution in [0.2, 0.25) is 0 Å². The van der Waals surface area contributed by atoms with Crippen molar-refractivity contribution in [2.45, 2.75) is 38.4 Å². The molecule has 0 bridgehead atoms. The van der Waals surface area contributed by atoms with Crippen molar-refractivity contribution in [3.05, 3.63) is 35.9 Å². The van der Waals surface area contributed by atoms with E-state index in [9.17, 15) is 4.79 Å². The van der Waals surface area contributed by atoms with Crippen molar-refractivity contribution in [1.29, 1.82) is 0 Å². The van der Waals surface area contributed by atoms with Crippen molar-refractivity contribution < 1.29 is 9.53 Å². The zero-order chi connectivity index (χ0) is 10.7. The van der Waals surface area contributed by atoms with Crippen LogP contribution >= 0.6 is 0 Å². The van der Waals surface area contributed by atoms with E-state index in [4.69, 9.17) is 4.74 Å². The minimum absolute atomic E-state index is 0.166. The quantitative estimate of drug-likeness (QED) is 0.755. The van der Waals surface area contributed by atoms with Gasteiger partial charge in [0.2, 0.25) is 0 Å². The summed E-state index contributed by atoms with van der Waals surface area (Å²) in [5, 5.41) is 0. The number of ketones is 1. The molecular formula is C13H16O2. The molecule has 1 fully saturated rings. The largest absolute Gasteiger partial charge is 0.367 e. The zero-order valence-electron chi connectivity index (χ0n) is 8.98. The average Bonchev–Trinajstić information content (AvgIpc) is 2.66. The Kier molecular flexibility index (Phi) is 3.17. The van der Waals surface area contributed by atoms with Gasteiger partial charge in [-0.15, -0.1) is 0 Å². The molecule has 0 spiro atoms. The number of carbonyl (C=O) groups excluding carboxylic acids is 1. The van der Waals surface area contributed by atoms with Crippen LogP contribution in [0.1, 0.15) is 25.3 Å². The lowest BCUT2D eigenvalue weighted by atomic mass is 10.0. The van der Waals surface area contributed by atoms with Crippen molar-refractivity contribution in [1.82, 2.24) is 0 Å². The summed E-state index contributed by atoms with van der Waals surface area (Å²) in [6, 6.07) is 9.84. The van der Waals surface area contributed by atoms with E-state index >= 15 is 0 Å². The van der Waals surface area contributed by atoms with Crippen LogP contribution in [-0.4, -0.2) is 18.0 Å². The minimum atomic E-state index is -0.166. The Morgan fingerprint density at radius 2 is 2.07 bits per heavy atom. The van der Waals surface area contributed by atoms with Crippen LogP contribution in [-0.2, 0) is 16.0 Å². The summed E-state index contributed by atoms with van der Waals surface area (Å²) in [4.78, 5) is 11.8. The van der Waals surface area contributed by atoms with Crippen molar-refractivity contribution in [2.75, 3.05) is 0 Å². The lowest BCUT2D eigenvalue weighted by molar-refractivity contribution is -0.128. The molecule has 1 aromatic rings. The summed E-state index contributed by atoms with van der Waals surface area (Å²) in [5.41, 5.74) is 1.07. The van der Waals surface area contributed by atoms with Crippen molar-refractivity contribution >= 4 is 5.78 Å². The van der Waals surface area contributed by atoms with Crippen LogP contribution in [0.25, 0.3) is 0 Å². The van der Waals surface area contributed by atoms with Gasteiger partial charge in [-0.05, 0) is 25.3 Å². The van der Waals surface area contributed by atoms with E-state index in [1.807, 2.05) is 37.3 Å². The van der Waals surface area contributed by atoms with E-state index in [-0.39, 0.29) is 18.0 Å². The van der Waals surface area contributed by atoms with E-state index in [0.29, 0.717) is 6.42 Å².